The van der Waals surface area contributed by atoms with Crippen LogP contribution in [0.3, 0.4) is 0 Å². The molecule has 1 aliphatic heterocycles. The third-order valence-electron chi connectivity index (χ3n) is 5.87. The summed E-state index contributed by atoms with van der Waals surface area (Å²) in [5.41, 5.74) is 4.77. The first kappa shape index (κ1) is 21.6. The van der Waals surface area contributed by atoms with E-state index >= 15 is 0 Å². The number of benzene rings is 1. The minimum absolute atomic E-state index is 0.0202. The number of aryl methyl sites for hydroxylation is 3. The van der Waals surface area contributed by atoms with Gasteiger partial charge in [-0.3, -0.25) is 4.79 Å². The Bertz CT molecular complexity index is 1030. The smallest absolute Gasteiger partial charge is 0.255 e. The van der Waals surface area contributed by atoms with Gasteiger partial charge in [-0.1, -0.05) is 6.07 Å². The molecule has 0 radical (unpaired) electrons. The lowest BCUT2D eigenvalue weighted by atomic mass is 10.1. The lowest BCUT2D eigenvalue weighted by molar-refractivity contribution is 0.0697. The predicted octanol–water partition coefficient (Wildman–Crippen LogP) is 3.45. The minimum Gasteiger partial charge on any atom is -0.346 e. The average molecular weight is 418 g/mol. The molecule has 2 aromatic rings. The zero-order valence-electron chi connectivity index (χ0n) is 18.2. The van der Waals surface area contributed by atoms with Gasteiger partial charge < -0.3 is 9.47 Å². The molecule has 0 bridgehead atoms. The van der Waals surface area contributed by atoms with Crippen LogP contribution in [0.15, 0.2) is 29.2 Å². The van der Waals surface area contributed by atoms with Gasteiger partial charge >= 0.3 is 0 Å². The highest BCUT2D eigenvalue weighted by atomic mass is 32.2. The van der Waals surface area contributed by atoms with Crippen molar-refractivity contribution >= 4 is 15.9 Å². The van der Waals surface area contributed by atoms with Crippen molar-refractivity contribution < 1.29 is 13.2 Å². The first-order valence-corrected chi connectivity index (χ1v) is 11.5. The van der Waals surface area contributed by atoms with E-state index in [4.69, 9.17) is 0 Å². The molecule has 1 aliphatic rings. The summed E-state index contributed by atoms with van der Waals surface area (Å²) in [6, 6.07) is 7.46. The third kappa shape index (κ3) is 3.98. The van der Waals surface area contributed by atoms with Crippen LogP contribution in [0.25, 0.3) is 0 Å². The summed E-state index contributed by atoms with van der Waals surface area (Å²) in [6.07, 6.45) is 0. The second kappa shape index (κ2) is 7.95. The fourth-order valence-electron chi connectivity index (χ4n) is 4.11. The van der Waals surface area contributed by atoms with Crippen LogP contribution in [0.4, 0.5) is 0 Å². The van der Waals surface area contributed by atoms with Gasteiger partial charge in [-0.25, -0.2) is 8.42 Å². The van der Waals surface area contributed by atoms with Gasteiger partial charge in [-0.05, 0) is 70.9 Å². The largest absolute Gasteiger partial charge is 0.346 e. The second-order valence-corrected chi connectivity index (χ2v) is 10.1. The third-order valence-corrected chi connectivity index (χ3v) is 7.77. The van der Waals surface area contributed by atoms with Crippen molar-refractivity contribution in [2.75, 3.05) is 26.2 Å². The highest BCUT2D eigenvalue weighted by molar-refractivity contribution is 7.89. The van der Waals surface area contributed by atoms with Crippen LogP contribution in [0.2, 0.25) is 0 Å². The second-order valence-electron chi connectivity index (χ2n) is 8.19. The fourth-order valence-corrected chi connectivity index (χ4v) is 5.62. The highest BCUT2D eigenvalue weighted by Crippen LogP contribution is 2.24. The van der Waals surface area contributed by atoms with Gasteiger partial charge in [0.05, 0.1) is 10.5 Å². The van der Waals surface area contributed by atoms with Crippen LogP contribution in [-0.2, 0) is 10.0 Å². The number of rotatable bonds is 4. The molecular formula is C22H31N3O3S. The van der Waals surface area contributed by atoms with Crippen molar-refractivity contribution in [3.8, 4) is 0 Å². The predicted molar refractivity (Wildman–Crippen MR) is 115 cm³/mol. The van der Waals surface area contributed by atoms with Gasteiger partial charge in [0.1, 0.15) is 0 Å². The Morgan fingerprint density at radius 1 is 0.931 bits per heavy atom. The number of carbonyl (C=O) groups is 1. The van der Waals surface area contributed by atoms with Gasteiger partial charge in [0, 0.05) is 43.6 Å². The normalized spacial score (nSPS) is 15.9. The van der Waals surface area contributed by atoms with Crippen LogP contribution in [0.1, 0.15) is 52.8 Å². The molecule has 1 saturated heterocycles. The van der Waals surface area contributed by atoms with Gasteiger partial charge in [0.15, 0.2) is 0 Å². The standard InChI is InChI=1S/C22H31N3O3S/c1-15(2)25-18(5)14-21(19(25)6)22(26)23-9-11-24(12-10-23)29(27,28)20-8-7-16(3)17(4)13-20/h7-8,13-15H,9-12H2,1-6H3. The Balaban J connectivity index is 1.74. The molecule has 7 heteroatoms. The quantitative estimate of drug-likeness (QED) is 0.765. The minimum atomic E-state index is -3.55. The molecule has 29 heavy (non-hydrogen) atoms. The van der Waals surface area contributed by atoms with E-state index < -0.39 is 10.0 Å². The Kier molecular flexibility index (Phi) is 5.92. The van der Waals surface area contributed by atoms with E-state index in [0.717, 1.165) is 22.5 Å². The molecule has 0 unspecified atom stereocenters. The number of piperazine rings is 1. The van der Waals surface area contributed by atoms with Crippen LogP contribution < -0.4 is 0 Å². The van der Waals surface area contributed by atoms with E-state index in [1.54, 1.807) is 17.0 Å². The summed E-state index contributed by atoms with van der Waals surface area (Å²) in [5.74, 6) is -0.0202. The van der Waals surface area contributed by atoms with E-state index in [1.165, 1.54) is 4.31 Å². The maximum atomic E-state index is 13.1. The van der Waals surface area contributed by atoms with Crippen molar-refractivity contribution in [2.45, 2.75) is 52.5 Å². The van der Waals surface area contributed by atoms with Crippen LogP contribution in [-0.4, -0.2) is 54.3 Å². The SMILES string of the molecule is Cc1ccc(S(=O)(=O)N2CCN(C(=O)c3cc(C)n(C(C)C)c3C)CC2)cc1C. The lowest BCUT2D eigenvalue weighted by Gasteiger charge is -2.34. The molecule has 0 atom stereocenters. The molecule has 1 amide bonds. The summed E-state index contributed by atoms with van der Waals surface area (Å²) >= 11 is 0. The van der Waals surface area contributed by atoms with Gasteiger partial charge in [0.2, 0.25) is 10.0 Å². The first-order valence-electron chi connectivity index (χ1n) is 10.1. The Hall–Kier alpha value is -2.12. The van der Waals surface area contributed by atoms with E-state index in [1.807, 2.05) is 39.8 Å². The van der Waals surface area contributed by atoms with Crippen molar-refractivity contribution in [3.05, 3.63) is 52.3 Å². The maximum Gasteiger partial charge on any atom is 0.255 e. The van der Waals surface area contributed by atoms with Gasteiger partial charge in [-0.15, -0.1) is 0 Å². The summed E-state index contributed by atoms with van der Waals surface area (Å²) in [7, 11) is -3.55. The van der Waals surface area contributed by atoms with Gasteiger partial charge in [-0.2, -0.15) is 4.31 Å². The first-order chi connectivity index (χ1) is 13.5. The molecular weight excluding hydrogens is 386 g/mol. The molecule has 3 rings (SSSR count). The Labute approximate surface area is 174 Å². The topological polar surface area (TPSA) is 62.6 Å². The molecule has 158 valence electrons. The summed E-state index contributed by atoms with van der Waals surface area (Å²) in [5, 5.41) is 0. The summed E-state index contributed by atoms with van der Waals surface area (Å²) in [6.45, 7) is 13.5. The van der Waals surface area contributed by atoms with Crippen molar-refractivity contribution in [2.24, 2.45) is 0 Å². The monoisotopic (exact) mass is 417 g/mol. The van der Waals surface area contributed by atoms with Crippen LogP contribution in [0, 0.1) is 27.7 Å². The number of sulfonamides is 1. The summed E-state index contributed by atoms with van der Waals surface area (Å²) < 4.78 is 29.6. The number of hydrogen-bond donors (Lipinski definition) is 0. The highest BCUT2D eigenvalue weighted by Gasteiger charge is 2.31. The Morgan fingerprint density at radius 3 is 2.07 bits per heavy atom. The molecule has 0 N–H and O–H groups in total. The zero-order valence-corrected chi connectivity index (χ0v) is 19.0. The van der Waals surface area contributed by atoms with Crippen molar-refractivity contribution in [3.63, 3.8) is 0 Å². The molecule has 2 heterocycles. The van der Waals surface area contributed by atoms with Crippen LogP contribution >= 0.6 is 0 Å². The molecule has 1 fully saturated rings. The summed E-state index contributed by atoms with van der Waals surface area (Å²) in [4.78, 5) is 15.1. The molecule has 1 aromatic carbocycles. The van der Waals surface area contributed by atoms with Crippen LogP contribution in [0.5, 0.6) is 0 Å². The number of amides is 1. The lowest BCUT2D eigenvalue weighted by Crippen LogP contribution is -2.50. The molecule has 0 aliphatic carbocycles. The number of nitrogens with zero attached hydrogens (tertiary/aromatic N) is 3. The maximum absolute atomic E-state index is 13.1. The molecule has 0 saturated carbocycles. The van der Waals surface area contributed by atoms with Gasteiger partial charge in [0.25, 0.3) is 5.91 Å². The Morgan fingerprint density at radius 2 is 1.55 bits per heavy atom. The molecule has 0 spiro atoms. The van der Waals surface area contributed by atoms with E-state index in [-0.39, 0.29) is 11.9 Å². The fraction of sp³-hybridized carbons (Fsp3) is 0.500. The zero-order chi connectivity index (χ0) is 21.5. The average Bonchev–Trinajstić information content (AvgIpc) is 2.97. The van der Waals surface area contributed by atoms with E-state index in [0.29, 0.717) is 36.6 Å². The number of carbonyl (C=O) groups excluding carboxylic acids is 1. The molecule has 1 aromatic heterocycles. The van der Waals surface area contributed by atoms with E-state index in [9.17, 15) is 13.2 Å². The van der Waals surface area contributed by atoms with E-state index in [2.05, 4.69) is 18.4 Å². The molecule has 6 nitrogen and oxygen atoms in total. The van der Waals surface area contributed by atoms with Crippen molar-refractivity contribution in [1.29, 1.82) is 0 Å². The van der Waals surface area contributed by atoms with Crippen molar-refractivity contribution in [1.82, 2.24) is 13.8 Å². The number of hydrogen-bond acceptors (Lipinski definition) is 3. The number of aromatic nitrogens is 1.